The molecule has 80 valence electrons. The van der Waals surface area contributed by atoms with Gasteiger partial charge in [-0.3, -0.25) is 4.79 Å². The van der Waals surface area contributed by atoms with Crippen molar-refractivity contribution in [3.8, 4) is 0 Å². The van der Waals surface area contributed by atoms with Gasteiger partial charge in [-0.1, -0.05) is 0 Å². The average molecular weight is 207 g/mol. The highest BCUT2D eigenvalue weighted by atomic mass is 16.1. The summed E-state index contributed by atoms with van der Waals surface area (Å²) in [6.45, 7) is 1.67. The van der Waals surface area contributed by atoms with Crippen LogP contribution in [0.25, 0.3) is 11.2 Å². The second kappa shape index (κ2) is 3.82. The van der Waals surface area contributed by atoms with Crippen molar-refractivity contribution in [3.63, 3.8) is 0 Å². The van der Waals surface area contributed by atoms with Crippen LogP contribution in [0.15, 0.2) is 17.4 Å². The fourth-order valence-corrected chi connectivity index (χ4v) is 1.36. The highest BCUT2D eigenvalue weighted by molar-refractivity contribution is 5.68. The first-order valence-electron chi connectivity index (χ1n) is 4.72. The van der Waals surface area contributed by atoms with Crippen molar-refractivity contribution >= 4 is 11.2 Å². The first-order valence-corrected chi connectivity index (χ1v) is 4.72. The number of fused-ring (bicyclic) bond motifs is 1. The van der Waals surface area contributed by atoms with Gasteiger partial charge in [0.25, 0.3) is 5.56 Å². The molecule has 2 aromatic rings. The standard InChI is InChI=1S/C9H13N5O/c1-13(2)3-4-14-6-12-7-8(14)10-5-11-9(7)15/h5-6H,3-4H2,1-2H3,(H,10,11,15). The Labute approximate surface area is 86.6 Å². The summed E-state index contributed by atoms with van der Waals surface area (Å²) >= 11 is 0. The molecule has 0 aromatic carbocycles. The van der Waals surface area contributed by atoms with Crippen LogP contribution in [0, 0.1) is 0 Å². The molecule has 0 spiro atoms. The van der Waals surface area contributed by atoms with Crippen LogP contribution >= 0.6 is 0 Å². The predicted octanol–water partition coefficient (Wildman–Crippen LogP) is -0.319. The molecule has 15 heavy (non-hydrogen) atoms. The molecular formula is C9H13N5O. The van der Waals surface area contributed by atoms with Crippen molar-refractivity contribution in [2.45, 2.75) is 6.54 Å². The van der Waals surface area contributed by atoms with Gasteiger partial charge in [-0.15, -0.1) is 0 Å². The van der Waals surface area contributed by atoms with E-state index in [0.717, 1.165) is 13.1 Å². The van der Waals surface area contributed by atoms with Crippen molar-refractivity contribution in [1.29, 1.82) is 0 Å². The zero-order valence-corrected chi connectivity index (χ0v) is 8.77. The Balaban J connectivity index is 2.37. The summed E-state index contributed by atoms with van der Waals surface area (Å²) in [4.78, 5) is 24.1. The molecule has 0 saturated carbocycles. The monoisotopic (exact) mass is 207 g/mol. The second-order valence-electron chi connectivity index (χ2n) is 3.65. The predicted molar refractivity (Wildman–Crippen MR) is 56.7 cm³/mol. The van der Waals surface area contributed by atoms with Gasteiger partial charge in [0, 0.05) is 13.1 Å². The van der Waals surface area contributed by atoms with Gasteiger partial charge < -0.3 is 14.5 Å². The Bertz CT molecular complexity index is 512. The molecule has 0 amide bonds. The normalized spacial score (nSPS) is 11.4. The van der Waals surface area contributed by atoms with Crippen LogP contribution in [0.4, 0.5) is 0 Å². The third-order valence-corrected chi connectivity index (χ3v) is 2.20. The summed E-state index contributed by atoms with van der Waals surface area (Å²) in [5, 5.41) is 0. The van der Waals surface area contributed by atoms with E-state index >= 15 is 0 Å². The first kappa shape index (κ1) is 9.85. The molecule has 2 aromatic heterocycles. The van der Waals surface area contributed by atoms with Crippen LogP contribution < -0.4 is 5.56 Å². The molecule has 0 unspecified atom stereocenters. The molecule has 6 nitrogen and oxygen atoms in total. The van der Waals surface area contributed by atoms with Gasteiger partial charge in [-0.25, -0.2) is 9.97 Å². The van der Waals surface area contributed by atoms with E-state index in [1.54, 1.807) is 6.33 Å². The Morgan fingerprint density at radius 3 is 3.00 bits per heavy atom. The second-order valence-corrected chi connectivity index (χ2v) is 3.65. The molecule has 0 aliphatic rings. The van der Waals surface area contributed by atoms with Crippen molar-refractivity contribution < 1.29 is 0 Å². The lowest BCUT2D eigenvalue weighted by molar-refractivity contribution is 0.386. The molecule has 0 fully saturated rings. The maximum Gasteiger partial charge on any atom is 0.278 e. The van der Waals surface area contributed by atoms with Crippen LogP contribution in [0.2, 0.25) is 0 Å². The lowest BCUT2D eigenvalue weighted by Gasteiger charge is -2.09. The summed E-state index contributed by atoms with van der Waals surface area (Å²) in [5.74, 6) is 0. The van der Waals surface area contributed by atoms with E-state index in [9.17, 15) is 4.79 Å². The van der Waals surface area contributed by atoms with Crippen LogP contribution in [-0.4, -0.2) is 45.1 Å². The number of hydrogen-bond donors (Lipinski definition) is 1. The Morgan fingerprint density at radius 1 is 1.47 bits per heavy atom. The minimum Gasteiger partial charge on any atom is -0.314 e. The largest absolute Gasteiger partial charge is 0.314 e. The van der Waals surface area contributed by atoms with Gasteiger partial charge in [-0.2, -0.15) is 0 Å². The molecule has 0 aliphatic carbocycles. The number of hydrogen-bond acceptors (Lipinski definition) is 4. The number of imidazole rings is 1. The SMILES string of the molecule is CN(C)CCn1cnc2c(=O)[nH]cnc21. The van der Waals surface area contributed by atoms with Crippen LogP contribution in [0.5, 0.6) is 0 Å². The summed E-state index contributed by atoms with van der Waals surface area (Å²) in [7, 11) is 4.00. The van der Waals surface area contributed by atoms with E-state index in [0.29, 0.717) is 11.2 Å². The topological polar surface area (TPSA) is 66.8 Å². The molecule has 0 saturated heterocycles. The zero-order chi connectivity index (χ0) is 10.8. The van der Waals surface area contributed by atoms with Gasteiger partial charge in [0.15, 0.2) is 11.2 Å². The number of rotatable bonds is 3. The van der Waals surface area contributed by atoms with Gasteiger partial charge >= 0.3 is 0 Å². The average Bonchev–Trinajstić information content (AvgIpc) is 2.59. The van der Waals surface area contributed by atoms with Crippen molar-refractivity contribution in [2.75, 3.05) is 20.6 Å². The van der Waals surface area contributed by atoms with Crippen LogP contribution in [0.3, 0.4) is 0 Å². The molecule has 1 N–H and O–H groups in total. The lowest BCUT2D eigenvalue weighted by Crippen LogP contribution is -2.18. The van der Waals surface area contributed by atoms with Crippen LogP contribution in [-0.2, 0) is 6.54 Å². The lowest BCUT2D eigenvalue weighted by atomic mass is 10.5. The Morgan fingerprint density at radius 2 is 2.27 bits per heavy atom. The molecule has 6 heteroatoms. The number of likely N-dealkylation sites (N-methyl/N-ethyl adjacent to an activating group) is 1. The zero-order valence-electron chi connectivity index (χ0n) is 8.77. The third kappa shape index (κ3) is 1.89. The van der Waals surface area contributed by atoms with Crippen molar-refractivity contribution in [1.82, 2.24) is 24.4 Å². The van der Waals surface area contributed by atoms with E-state index in [4.69, 9.17) is 0 Å². The molecule has 0 aliphatic heterocycles. The summed E-state index contributed by atoms with van der Waals surface area (Å²) in [5.41, 5.74) is 0.848. The van der Waals surface area contributed by atoms with Crippen molar-refractivity contribution in [2.24, 2.45) is 0 Å². The van der Waals surface area contributed by atoms with E-state index in [-0.39, 0.29) is 5.56 Å². The van der Waals surface area contributed by atoms with E-state index < -0.39 is 0 Å². The summed E-state index contributed by atoms with van der Waals surface area (Å²) < 4.78 is 1.88. The summed E-state index contributed by atoms with van der Waals surface area (Å²) in [6.07, 6.45) is 3.05. The molecule has 2 rings (SSSR count). The minimum absolute atomic E-state index is 0.191. The highest BCUT2D eigenvalue weighted by Gasteiger charge is 2.06. The number of aromatic amines is 1. The molecular weight excluding hydrogens is 194 g/mol. The van der Waals surface area contributed by atoms with Crippen molar-refractivity contribution in [3.05, 3.63) is 23.0 Å². The van der Waals surface area contributed by atoms with Gasteiger partial charge in [0.2, 0.25) is 0 Å². The third-order valence-electron chi connectivity index (χ3n) is 2.20. The number of H-pyrrole nitrogens is 1. The van der Waals surface area contributed by atoms with Gasteiger partial charge in [0.1, 0.15) is 0 Å². The summed E-state index contributed by atoms with van der Waals surface area (Å²) in [6, 6.07) is 0. The quantitative estimate of drug-likeness (QED) is 0.749. The van der Waals surface area contributed by atoms with E-state index in [2.05, 4.69) is 19.9 Å². The maximum atomic E-state index is 11.3. The fraction of sp³-hybridized carbons (Fsp3) is 0.444. The Hall–Kier alpha value is -1.69. The number of nitrogens with zero attached hydrogens (tertiary/aromatic N) is 4. The van der Waals surface area contributed by atoms with Crippen LogP contribution in [0.1, 0.15) is 0 Å². The number of aromatic nitrogens is 4. The molecule has 2 heterocycles. The molecule has 0 atom stereocenters. The number of nitrogens with one attached hydrogen (secondary N) is 1. The molecule has 0 bridgehead atoms. The smallest absolute Gasteiger partial charge is 0.278 e. The fourth-order valence-electron chi connectivity index (χ4n) is 1.36. The van der Waals surface area contributed by atoms with Gasteiger partial charge in [-0.05, 0) is 14.1 Å². The highest BCUT2D eigenvalue weighted by Crippen LogP contribution is 2.03. The van der Waals surface area contributed by atoms with E-state index in [1.807, 2.05) is 18.7 Å². The first-order chi connectivity index (χ1) is 7.18. The van der Waals surface area contributed by atoms with E-state index in [1.165, 1.54) is 6.33 Å². The Kier molecular flexibility index (Phi) is 2.51. The van der Waals surface area contributed by atoms with Gasteiger partial charge in [0.05, 0.1) is 12.7 Å². The molecule has 0 radical (unpaired) electrons. The maximum absolute atomic E-state index is 11.3. The minimum atomic E-state index is -0.191.